The van der Waals surface area contributed by atoms with E-state index in [2.05, 4.69) is 61.4 Å². The number of fused-ring (bicyclic) bond motifs is 6. The van der Waals surface area contributed by atoms with E-state index in [0.29, 0.717) is 73.8 Å². The van der Waals surface area contributed by atoms with Crippen LogP contribution in [0.25, 0.3) is 0 Å². The molecule has 4 aliphatic carbocycles. The molecule has 9 atom stereocenters. The minimum atomic E-state index is -0.179. The third-order valence-electron chi connectivity index (χ3n) is 14.6. The molecule has 6 aliphatic rings. The molecule has 2 N–H and O–H groups in total. The number of allylic oxidation sites excluding steroid dienone is 3. The number of hydrogen-bond acceptors (Lipinski definition) is 5. The van der Waals surface area contributed by atoms with Gasteiger partial charge in [0.2, 0.25) is 11.8 Å². The molecule has 0 radical (unpaired) electrons. The molecule has 2 aliphatic heterocycles. The van der Waals surface area contributed by atoms with E-state index in [1.165, 1.54) is 24.0 Å². The van der Waals surface area contributed by atoms with Crippen molar-refractivity contribution in [2.75, 3.05) is 26.2 Å². The summed E-state index contributed by atoms with van der Waals surface area (Å²) in [6, 6.07) is 10.5. The van der Waals surface area contributed by atoms with Crippen molar-refractivity contribution in [3.8, 4) is 0 Å². The van der Waals surface area contributed by atoms with E-state index in [9.17, 15) is 14.4 Å². The molecular weight excluding hydrogens is 635 g/mol. The van der Waals surface area contributed by atoms with E-state index in [-0.39, 0.29) is 28.9 Å². The van der Waals surface area contributed by atoms with E-state index in [4.69, 9.17) is 4.74 Å². The Labute approximate surface area is 306 Å². The summed E-state index contributed by atoms with van der Waals surface area (Å²) in [5, 5.41) is 6.25. The molecular formula is C44H63N3O4. The first kappa shape index (κ1) is 36.6. The number of ether oxygens (including phenoxy) is 1. The van der Waals surface area contributed by atoms with Gasteiger partial charge in [-0.2, -0.15) is 0 Å². The Morgan fingerprint density at radius 1 is 1.00 bits per heavy atom. The highest BCUT2D eigenvalue weighted by molar-refractivity contribution is 5.82. The van der Waals surface area contributed by atoms with Crippen LogP contribution in [-0.4, -0.2) is 66.4 Å². The molecule has 2 amide bonds. The van der Waals surface area contributed by atoms with Crippen molar-refractivity contribution in [1.82, 2.24) is 15.5 Å². The minimum absolute atomic E-state index is 0.0962. The number of carbonyl (C=O) groups is 3. The Hall–Kier alpha value is -2.77. The maximum absolute atomic E-state index is 12.8. The van der Waals surface area contributed by atoms with Crippen LogP contribution in [0.2, 0.25) is 0 Å². The highest BCUT2D eigenvalue weighted by Crippen LogP contribution is 2.65. The number of nitrogens with zero attached hydrogens (tertiary/aromatic N) is 1. The summed E-state index contributed by atoms with van der Waals surface area (Å²) in [6.45, 7) is 13.0. The Kier molecular flexibility index (Phi) is 11.0. The number of carbonyl (C=O) groups excluding carboxylic acids is 3. The number of unbranched alkanes of at least 4 members (excludes halogenated alkanes) is 2. The fraction of sp³-hybridized carbons (Fsp3) is 0.705. The zero-order valence-corrected chi connectivity index (χ0v) is 31.8. The number of rotatable bonds is 12. The van der Waals surface area contributed by atoms with Crippen molar-refractivity contribution < 1.29 is 19.1 Å². The average molecular weight is 698 g/mol. The van der Waals surface area contributed by atoms with Gasteiger partial charge < -0.3 is 15.4 Å². The molecule has 0 unspecified atom stereocenters. The standard InChI is InChI=1S/C44H63N3O4/c1-29-25-39-42(47(28-29)24-23-46-40(49)13-9-6-10-22-45-41(50)17-14-32-11-7-5-8-12-32)31(3)44(51-39)21-19-35-36-16-15-33-26-34(48)18-20-43(33,4)38(36)27-37(35)30(44)2/h5,7-8,11-12,15,29,31,35-36,38-39,42H,6,9-10,13-14,16-28H2,1-4H3,(H,45,50)(H,46,49)/t29-,31+,35-,36-,38-,39+,42-,43-,44-/m0/s1. The summed E-state index contributed by atoms with van der Waals surface area (Å²) in [6.07, 6.45) is 15.4. The Morgan fingerprint density at radius 3 is 2.61 bits per heavy atom. The number of Topliss-reactive ketones (excluding diaryl/α,β-unsaturated/α-hetero) is 1. The van der Waals surface area contributed by atoms with Crippen molar-refractivity contribution in [1.29, 1.82) is 0 Å². The topological polar surface area (TPSA) is 87.7 Å². The van der Waals surface area contributed by atoms with E-state index >= 15 is 0 Å². The first-order valence-corrected chi connectivity index (χ1v) is 20.5. The summed E-state index contributed by atoms with van der Waals surface area (Å²) in [7, 11) is 0. The maximum Gasteiger partial charge on any atom is 0.220 e. The van der Waals surface area contributed by atoms with Crippen molar-refractivity contribution in [2.24, 2.45) is 35.0 Å². The Morgan fingerprint density at radius 2 is 1.78 bits per heavy atom. The summed E-state index contributed by atoms with van der Waals surface area (Å²) in [4.78, 5) is 40.0. The predicted molar refractivity (Wildman–Crippen MR) is 202 cm³/mol. The van der Waals surface area contributed by atoms with Crippen molar-refractivity contribution in [3.63, 3.8) is 0 Å². The lowest BCUT2D eigenvalue weighted by atomic mass is 9.57. The van der Waals surface area contributed by atoms with Gasteiger partial charge >= 0.3 is 0 Å². The number of benzene rings is 1. The van der Waals surface area contributed by atoms with Gasteiger partial charge in [-0.15, -0.1) is 0 Å². The molecule has 7 nitrogen and oxygen atoms in total. The maximum atomic E-state index is 12.8. The largest absolute Gasteiger partial charge is 0.365 e. The number of hydrogen-bond donors (Lipinski definition) is 2. The van der Waals surface area contributed by atoms with Crippen LogP contribution in [0.4, 0.5) is 0 Å². The molecule has 1 spiro atoms. The first-order chi connectivity index (χ1) is 24.6. The van der Waals surface area contributed by atoms with Gasteiger partial charge in [0.1, 0.15) is 5.78 Å². The Balaban J connectivity index is 0.881. The quantitative estimate of drug-likeness (QED) is 0.176. The highest BCUT2D eigenvalue weighted by Gasteiger charge is 2.61. The van der Waals surface area contributed by atoms with Gasteiger partial charge in [0, 0.05) is 63.8 Å². The van der Waals surface area contributed by atoms with Gasteiger partial charge in [-0.05, 0) is 105 Å². The molecule has 7 heteroatoms. The van der Waals surface area contributed by atoms with Gasteiger partial charge in [0.25, 0.3) is 0 Å². The van der Waals surface area contributed by atoms with E-state index in [0.717, 1.165) is 70.9 Å². The lowest BCUT2D eigenvalue weighted by Crippen LogP contribution is -2.54. The molecule has 1 aromatic carbocycles. The number of ketones is 1. The van der Waals surface area contributed by atoms with E-state index in [1.54, 1.807) is 11.1 Å². The van der Waals surface area contributed by atoms with Gasteiger partial charge in [-0.1, -0.05) is 74.7 Å². The second-order valence-electron chi connectivity index (χ2n) is 17.5. The number of aryl methyl sites for hydroxylation is 1. The summed E-state index contributed by atoms with van der Waals surface area (Å²) >= 11 is 0. The van der Waals surface area contributed by atoms with E-state index < -0.39 is 0 Å². The van der Waals surface area contributed by atoms with Crippen molar-refractivity contribution >= 4 is 17.6 Å². The molecule has 51 heavy (non-hydrogen) atoms. The van der Waals surface area contributed by atoms with Crippen LogP contribution in [0.3, 0.4) is 0 Å². The van der Waals surface area contributed by atoms with Crippen LogP contribution in [0.1, 0.15) is 117 Å². The number of piperidine rings is 1. The molecule has 2 saturated heterocycles. The van der Waals surface area contributed by atoms with Crippen LogP contribution in [0.15, 0.2) is 53.1 Å². The molecule has 2 heterocycles. The monoisotopic (exact) mass is 697 g/mol. The molecule has 0 aromatic heterocycles. The second kappa shape index (κ2) is 15.3. The van der Waals surface area contributed by atoms with Crippen LogP contribution >= 0.6 is 0 Å². The zero-order valence-electron chi connectivity index (χ0n) is 31.8. The minimum Gasteiger partial charge on any atom is -0.365 e. The molecule has 4 fully saturated rings. The van der Waals surface area contributed by atoms with Crippen molar-refractivity contribution in [3.05, 3.63) is 58.7 Å². The zero-order chi connectivity index (χ0) is 35.8. The van der Waals surface area contributed by atoms with Crippen LogP contribution in [0, 0.1) is 35.0 Å². The molecule has 2 saturated carbocycles. The first-order valence-electron chi connectivity index (χ1n) is 20.5. The van der Waals surface area contributed by atoms with Crippen molar-refractivity contribution in [2.45, 2.75) is 135 Å². The third kappa shape index (κ3) is 7.28. The van der Waals surface area contributed by atoms with Crippen LogP contribution in [0.5, 0.6) is 0 Å². The predicted octanol–water partition coefficient (Wildman–Crippen LogP) is 7.35. The summed E-state index contributed by atoms with van der Waals surface area (Å²) < 4.78 is 7.32. The third-order valence-corrected chi connectivity index (χ3v) is 14.6. The fourth-order valence-corrected chi connectivity index (χ4v) is 11.8. The smallest absolute Gasteiger partial charge is 0.220 e. The molecule has 278 valence electrons. The van der Waals surface area contributed by atoms with Gasteiger partial charge in [-0.25, -0.2) is 0 Å². The number of amides is 2. The molecule has 0 bridgehead atoms. The van der Waals surface area contributed by atoms with Gasteiger partial charge in [0.05, 0.1) is 11.7 Å². The van der Waals surface area contributed by atoms with Crippen LogP contribution < -0.4 is 10.6 Å². The molecule has 7 rings (SSSR count). The second-order valence-corrected chi connectivity index (χ2v) is 17.5. The van der Waals surface area contributed by atoms with Crippen LogP contribution in [-0.2, 0) is 25.5 Å². The number of nitrogens with one attached hydrogen (secondary N) is 2. The number of likely N-dealkylation sites (tertiary alicyclic amines) is 1. The average Bonchev–Trinajstić information content (AvgIpc) is 3.64. The summed E-state index contributed by atoms with van der Waals surface area (Å²) in [5.74, 6) is 3.68. The highest BCUT2D eigenvalue weighted by atomic mass is 16.5. The normalized spacial score (nSPS) is 35.9. The molecule has 1 aromatic rings. The van der Waals surface area contributed by atoms with E-state index in [1.807, 2.05) is 18.2 Å². The van der Waals surface area contributed by atoms with Gasteiger partial charge in [0.15, 0.2) is 0 Å². The lowest BCUT2D eigenvalue weighted by Gasteiger charge is -2.47. The summed E-state index contributed by atoms with van der Waals surface area (Å²) in [5.41, 5.74) is 5.87. The SMILES string of the molecule is CC1=C2C[C@H]3[C@@H](CC=C4CC(=O)CC[C@@]43C)[C@@H]2CC[C@]12O[C@@H]1C[C@H](C)CN(CCNC(=O)CCCCCNC(=O)CCc3ccccc3)[C@H]1[C@H]2C. The Bertz CT molecular complexity index is 1520. The lowest BCUT2D eigenvalue weighted by molar-refractivity contribution is -0.122. The fourth-order valence-electron chi connectivity index (χ4n) is 11.8. The van der Waals surface area contributed by atoms with Gasteiger partial charge in [-0.3, -0.25) is 19.3 Å².